The monoisotopic (exact) mass is 319 g/mol. The van der Waals surface area contributed by atoms with Gasteiger partial charge in [0.15, 0.2) is 0 Å². The van der Waals surface area contributed by atoms with Crippen LogP contribution in [0, 0.1) is 5.92 Å². The van der Waals surface area contributed by atoms with Crippen molar-refractivity contribution in [3.8, 4) is 0 Å². The van der Waals surface area contributed by atoms with E-state index in [2.05, 4.69) is 4.99 Å². The van der Waals surface area contributed by atoms with E-state index in [0.717, 1.165) is 5.56 Å². The van der Waals surface area contributed by atoms with Crippen molar-refractivity contribution in [1.82, 2.24) is 0 Å². The maximum atomic E-state index is 12.2. The molecule has 1 aliphatic rings. The fourth-order valence-electron chi connectivity index (χ4n) is 2.97. The van der Waals surface area contributed by atoms with Gasteiger partial charge in [-0.2, -0.15) is 0 Å². The Hall–Kier alpha value is -1.94. The van der Waals surface area contributed by atoms with Gasteiger partial charge in [0.1, 0.15) is 5.78 Å². The first-order valence-corrected chi connectivity index (χ1v) is 7.34. The SMILES string of the molecule is COC(=O)C1=C(C)N=C(C)C(C(C)=O)C1c1ccc(Cl)cc1. The average molecular weight is 320 g/mol. The summed E-state index contributed by atoms with van der Waals surface area (Å²) in [5.41, 5.74) is 2.56. The molecule has 116 valence electrons. The van der Waals surface area contributed by atoms with E-state index in [1.165, 1.54) is 14.0 Å². The fraction of sp³-hybridized carbons (Fsp3) is 0.353. The second-order valence-electron chi connectivity index (χ2n) is 5.36. The highest BCUT2D eigenvalue weighted by atomic mass is 35.5. The molecule has 0 aromatic heterocycles. The minimum atomic E-state index is -0.473. The van der Waals surface area contributed by atoms with Gasteiger partial charge in [0.05, 0.1) is 18.6 Å². The number of nitrogens with zero attached hydrogens (tertiary/aromatic N) is 1. The summed E-state index contributed by atoms with van der Waals surface area (Å²) in [6.45, 7) is 5.09. The summed E-state index contributed by atoms with van der Waals surface area (Å²) in [5, 5.41) is 0.602. The Morgan fingerprint density at radius 3 is 2.27 bits per heavy atom. The second-order valence-corrected chi connectivity index (χ2v) is 5.80. The number of allylic oxidation sites excluding steroid dienone is 1. The molecule has 1 aromatic rings. The molecule has 0 fully saturated rings. The lowest BCUT2D eigenvalue weighted by Crippen LogP contribution is -2.34. The molecular weight excluding hydrogens is 302 g/mol. The topological polar surface area (TPSA) is 55.7 Å². The third-order valence-corrected chi connectivity index (χ3v) is 4.15. The van der Waals surface area contributed by atoms with E-state index in [9.17, 15) is 9.59 Å². The maximum absolute atomic E-state index is 12.2. The Kier molecular flexibility index (Phi) is 4.81. The quantitative estimate of drug-likeness (QED) is 0.801. The van der Waals surface area contributed by atoms with Crippen LogP contribution in [-0.2, 0) is 14.3 Å². The second kappa shape index (κ2) is 6.44. The van der Waals surface area contributed by atoms with Crippen LogP contribution in [0.25, 0.3) is 0 Å². The number of benzene rings is 1. The largest absolute Gasteiger partial charge is 0.466 e. The molecule has 4 nitrogen and oxygen atoms in total. The van der Waals surface area contributed by atoms with Crippen LogP contribution in [0.3, 0.4) is 0 Å². The molecule has 1 heterocycles. The molecule has 0 N–H and O–H groups in total. The average Bonchev–Trinajstić information content (AvgIpc) is 2.46. The summed E-state index contributed by atoms with van der Waals surface area (Å²) >= 11 is 5.94. The van der Waals surface area contributed by atoms with Gasteiger partial charge in [0.25, 0.3) is 0 Å². The molecule has 0 aliphatic carbocycles. The Labute approximate surface area is 134 Å². The minimum Gasteiger partial charge on any atom is -0.466 e. The zero-order valence-corrected chi connectivity index (χ0v) is 13.8. The Bertz CT molecular complexity index is 674. The normalized spacial score (nSPS) is 21.4. The standard InChI is InChI=1S/C17H18ClNO3/c1-9-14(11(3)20)16(12-5-7-13(18)8-6-12)15(10(2)19-9)17(21)22-4/h5-8,14,16H,1-4H3. The highest BCUT2D eigenvalue weighted by molar-refractivity contribution is 6.30. The van der Waals surface area contributed by atoms with Crippen LogP contribution < -0.4 is 0 Å². The number of Topliss-reactive ketones (excluding diaryl/α,β-unsaturated/α-hetero) is 1. The number of ether oxygens (including phenoxy) is 1. The summed E-state index contributed by atoms with van der Waals surface area (Å²) < 4.78 is 4.90. The van der Waals surface area contributed by atoms with Crippen molar-refractivity contribution < 1.29 is 14.3 Å². The first-order valence-electron chi connectivity index (χ1n) is 6.97. The molecule has 1 aliphatic heterocycles. The van der Waals surface area contributed by atoms with Crippen LogP contribution in [0.1, 0.15) is 32.3 Å². The van der Waals surface area contributed by atoms with E-state index < -0.39 is 17.8 Å². The van der Waals surface area contributed by atoms with Gasteiger partial charge < -0.3 is 4.74 Å². The Morgan fingerprint density at radius 1 is 1.18 bits per heavy atom. The molecule has 1 aromatic carbocycles. The van der Waals surface area contributed by atoms with Crippen LogP contribution >= 0.6 is 11.6 Å². The molecule has 0 bridgehead atoms. The van der Waals surface area contributed by atoms with Crippen LogP contribution in [0.5, 0.6) is 0 Å². The van der Waals surface area contributed by atoms with Crippen LogP contribution in [0.15, 0.2) is 40.5 Å². The zero-order valence-electron chi connectivity index (χ0n) is 13.0. The van der Waals surface area contributed by atoms with Gasteiger partial charge in [-0.25, -0.2) is 4.79 Å². The number of esters is 1. The molecule has 2 rings (SSSR count). The lowest BCUT2D eigenvalue weighted by molar-refractivity contribution is -0.136. The molecular formula is C17H18ClNO3. The molecule has 0 spiro atoms. The number of hydrogen-bond acceptors (Lipinski definition) is 4. The van der Waals surface area contributed by atoms with Crippen molar-refractivity contribution in [3.63, 3.8) is 0 Å². The molecule has 2 atom stereocenters. The van der Waals surface area contributed by atoms with Gasteiger partial charge in [0, 0.05) is 22.3 Å². The number of halogens is 1. The third-order valence-electron chi connectivity index (χ3n) is 3.90. The summed E-state index contributed by atoms with van der Waals surface area (Å²) in [5.74, 6) is -1.37. The van der Waals surface area contributed by atoms with Gasteiger partial charge in [-0.1, -0.05) is 23.7 Å². The van der Waals surface area contributed by atoms with Crippen molar-refractivity contribution >= 4 is 29.1 Å². The molecule has 0 radical (unpaired) electrons. The molecule has 0 saturated heterocycles. The van der Waals surface area contributed by atoms with Crippen molar-refractivity contribution in [2.75, 3.05) is 7.11 Å². The lowest BCUT2D eigenvalue weighted by atomic mass is 9.74. The summed E-state index contributed by atoms with van der Waals surface area (Å²) in [7, 11) is 1.33. The molecule has 0 amide bonds. The summed E-state index contributed by atoms with van der Waals surface area (Å²) in [6, 6.07) is 7.16. The molecule has 0 saturated carbocycles. The minimum absolute atomic E-state index is 0.0323. The summed E-state index contributed by atoms with van der Waals surface area (Å²) in [6.07, 6.45) is 0. The van der Waals surface area contributed by atoms with E-state index in [1.54, 1.807) is 19.1 Å². The predicted molar refractivity (Wildman–Crippen MR) is 86.2 cm³/mol. The number of carbonyl (C=O) groups excluding carboxylic acids is 2. The molecule has 2 unspecified atom stereocenters. The van der Waals surface area contributed by atoms with Crippen LogP contribution in [0.4, 0.5) is 0 Å². The van der Waals surface area contributed by atoms with Crippen molar-refractivity contribution in [3.05, 3.63) is 46.1 Å². The van der Waals surface area contributed by atoms with E-state index in [0.29, 0.717) is 22.0 Å². The first-order chi connectivity index (χ1) is 10.4. The lowest BCUT2D eigenvalue weighted by Gasteiger charge is -2.31. The van der Waals surface area contributed by atoms with E-state index in [-0.39, 0.29) is 5.78 Å². The Balaban J connectivity index is 2.65. The fourth-order valence-corrected chi connectivity index (χ4v) is 3.10. The summed E-state index contributed by atoms with van der Waals surface area (Å²) in [4.78, 5) is 28.7. The van der Waals surface area contributed by atoms with Gasteiger partial charge in [-0.15, -0.1) is 0 Å². The number of ketones is 1. The van der Waals surface area contributed by atoms with Crippen molar-refractivity contribution in [2.24, 2.45) is 10.9 Å². The maximum Gasteiger partial charge on any atom is 0.336 e. The number of carbonyl (C=O) groups is 2. The number of methoxy groups -OCH3 is 1. The predicted octanol–water partition coefficient (Wildman–Crippen LogP) is 3.55. The number of rotatable bonds is 3. The van der Waals surface area contributed by atoms with Gasteiger partial charge in [-0.3, -0.25) is 9.79 Å². The van der Waals surface area contributed by atoms with E-state index in [4.69, 9.17) is 16.3 Å². The van der Waals surface area contributed by atoms with Crippen molar-refractivity contribution in [1.29, 1.82) is 0 Å². The Morgan fingerprint density at radius 2 is 1.77 bits per heavy atom. The van der Waals surface area contributed by atoms with E-state index in [1.807, 2.05) is 19.1 Å². The number of aliphatic imine (C=N–C) groups is 1. The van der Waals surface area contributed by atoms with Gasteiger partial charge in [0.2, 0.25) is 0 Å². The van der Waals surface area contributed by atoms with Gasteiger partial charge >= 0.3 is 5.97 Å². The van der Waals surface area contributed by atoms with E-state index >= 15 is 0 Å². The smallest absolute Gasteiger partial charge is 0.336 e. The van der Waals surface area contributed by atoms with Crippen LogP contribution in [0.2, 0.25) is 5.02 Å². The first kappa shape index (κ1) is 16.4. The number of hydrogen-bond donors (Lipinski definition) is 0. The van der Waals surface area contributed by atoms with Crippen molar-refractivity contribution in [2.45, 2.75) is 26.7 Å². The highest BCUT2D eigenvalue weighted by Crippen LogP contribution is 2.40. The highest BCUT2D eigenvalue weighted by Gasteiger charge is 2.39. The third kappa shape index (κ3) is 2.97. The van der Waals surface area contributed by atoms with Gasteiger partial charge in [-0.05, 0) is 38.5 Å². The zero-order chi connectivity index (χ0) is 16.4. The van der Waals surface area contributed by atoms with Crippen LogP contribution in [-0.4, -0.2) is 24.6 Å². The molecule has 22 heavy (non-hydrogen) atoms. The molecule has 5 heteroatoms.